The van der Waals surface area contributed by atoms with E-state index >= 15 is 0 Å². The van der Waals surface area contributed by atoms with Gasteiger partial charge in [-0.3, -0.25) is 9.78 Å². The zero-order valence-electron chi connectivity index (χ0n) is 11.7. The van der Waals surface area contributed by atoms with E-state index in [4.69, 9.17) is 15.3 Å². The second-order valence-corrected chi connectivity index (χ2v) is 4.40. The Morgan fingerprint density at radius 2 is 1.77 bits per heavy atom. The molecule has 1 aromatic rings. The molecule has 0 aliphatic heterocycles. The van der Waals surface area contributed by atoms with Crippen LogP contribution in [0.4, 0.5) is 13.2 Å². The number of hydrogen-bond donors (Lipinski definition) is 0. The van der Waals surface area contributed by atoms with Crippen molar-refractivity contribution in [3.05, 3.63) is 23.8 Å². The molecule has 1 rings (SSSR count). The van der Waals surface area contributed by atoms with Crippen molar-refractivity contribution in [2.75, 3.05) is 6.61 Å². The molecule has 0 bridgehead atoms. The van der Waals surface area contributed by atoms with Crippen LogP contribution in [0, 0.1) is 28.6 Å². The van der Waals surface area contributed by atoms with Crippen molar-refractivity contribution in [1.82, 2.24) is 9.97 Å². The number of halogens is 3. The molecule has 0 spiro atoms. The fraction of sp³-hybridized carbons (Fsp3) is 0.462. The number of carbonyl (C=O) groups excluding carboxylic acids is 1. The molecule has 0 aliphatic rings. The number of rotatable bonds is 4. The van der Waals surface area contributed by atoms with Crippen molar-refractivity contribution in [3.8, 4) is 12.1 Å². The molecule has 1 heterocycles. The summed E-state index contributed by atoms with van der Waals surface area (Å²) in [4.78, 5) is 18.8. The molecule has 22 heavy (non-hydrogen) atoms. The summed E-state index contributed by atoms with van der Waals surface area (Å²) < 4.78 is 42.3. The van der Waals surface area contributed by atoms with Gasteiger partial charge < -0.3 is 4.74 Å². The van der Waals surface area contributed by atoms with Crippen LogP contribution in [0.2, 0.25) is 0 Å². The van der Waals surface area contributed by atoms with Crippen LogP contribution >= 0.6 is 0 Å². The molecule has 0 saturated carbocycles. The molecule has 116 valence electrons. The van der Waals surface area contributed by atoms with Crippen molar-refractivity contribution >= 4 is 5.97 Å². The summed E-state index contributed by atoms with van der Waals surface area (Å²) >= 11 is 0. The van der Waals surface area contributed by atoms with Crippen molar-refractivity contribution < 1.29 is 22.7 Å². The van der Waals surface area contributed by atoms with Crippen LogP contribution in [0.25, 0.3) is 0 Å². The summed E-state index contributed by atoms with van der Waals surface area (Å²) in [7, 11) is 0. The third-order valence-corrected chi connectivity index (χ3v) is 3.01. The van der Waals surface area contributed by atoms with Crippen LogP contribution in [0.15, 0.2) is 12.4 Å². The maximum atomic E-state index is 12.5. The van der Waals surface area contributed by atoms with E-state index in [-0.39, 0.29) is 12.3 Å². The van der Waals surface area contributed by atoms with Gasteiger partial charge in [0.2, 0.25) is 0 Å². The van der Waals surface area contributed by atoms with Crippen LogP contribution in [-0.4, -0.2) is 22.5 Å². The van der Waals surface area contributed by atoms with Crippen LogP contribution in [0.1, 0.15) is 25.2 Å². The van der Waals surface area contributed by atoms with Crippen LogP contribution in [0.5, 0.6) is 0 Å². The standard InChI is InChI=1S/C13H11F3N4O2/c1-3-22-11(21)12(2,8(4-17)5-18)9-6-20-10(7-19-9)13(14,15)16/h6-8H,3H2,1-2H3. The van der Waals surface area contributed by atoms with Gasteiger partial charge >= 0.3 is 12.1 Å². The van der Waals surface area contributed by atoms with Gasteiger partial charge in [0.15, 0.2) is 11.6 Å². The molecular formula is C13H11F3N4O2. The normalized spacial score (nSPS) is 13.8. The van der Waals surface area contributed by atoms with E-state index in [0.29, 0.717) is 6.20 Å². The van der Waals surface area contributed by atoms with Gasteiger partial charge in [0.05, 0.1) is 36.8 Å². The zero-order valence-corrected chi connectivity index (χ0v) is 11.7. The highest BCUT2D eigenvalue weighted by Gasteiger charge is 2.47. The van der Waals surface area contributed by atoms with E-state index in [9.17, 15) is 18.0 Å². The number of ether oxygens (including phenoxy) is 1. The quantitative estimate of drug-likeness (QED) is 0.788. The Balaban J connectivity index is 3.38. The number of nitriles is 2. The van der Waals surface area contributed by atoms with E-state index in [2.05, 4.69) is 9.97 Å². The Bertz CT molecular complexity index is 617. The van der Waals surface area contributed by atoms with Gasteiger partial charge in [-0.1, -0.05) is 0 Å². The fourth-order valence-corrected chi connectivity index (χ4v) is 1.68. The SMILES string of the molecule is CCOC(=O)C(C)(c1cnc(C(F)(F)F)cn1)C(C#N)C#N. The highest BCUT2D eigenvalue weighted by Crippen LogP contribution is 2.33. The lowest BCUT2D eigenvalue weighted by Gasteiger charge is -2.27. The minimum atomic E-state index is -4.68. The first kappa shape index (κ1) is 17.4. The monoisotopic (exact) mass is 312 g/mol. The average Bonchev–Trinajstić information content (AvgIpc) is 2.47. The summed E-state index contributed by atoms with van der Waals surface area (Å²) in [6.45, 7) is 2.70. The van der Waals surface area contributed by atoms with Gasteiger partial charge in [-0.2, -0.15) is 23.7 Å². The summed E-state index contributed by atoms with van der Waals surface area (Å²) in [5.74, 6) is -2.42. The predicted octanol–water partition coefficient (Wildman–Crippen LogP) is 1.98. The molecule has 9 heteroatoms. The summed E-state index contributed by atoms with van der Waals surface area (Å²) in [6, 6.07) is 3.25. The second kappa shape index (κ2) is 6.39. The minimum Gasteiger partial charge on any atom is -0.465 e. The molecule has 0 amide bonds. The van der Waals surface area contributed by atoms with Crippen LogP contribution in [0.3, 0.4) is 0 Å². The van der Waals surface area contributed by atoms with Gasteiger partial charge in [-0.25, -0.2) is 4.98 Å². The lowest BCUT2D eigenvalue weighted by molar-refractivity contribution is -0.150. The highest BCUT2D eigenvalue weighted by molar-refractivity contribution is 5.83. The molecule has 0 N–H and O–H groups in total. The van der Waals surface area contributed by atoms with Crippen LogP contribution in [-0.2, 0) is 21.1 Å². The number of alkyl halides is 3. The maximum Gasteiger partial charge on any atom is 0.434 e. The first-order chi connectivity index (χ1) is 10.2. The zero-order chi connectivity index (χ0) is 17.0. The van der Waals surface area contributed by atoms with Crippen molar-refractivity contribution in [2.45, 2.75) is 25.4 Å². The number of esters is 1. The molecule has 1 atom stereocenters. The molecule has 1 unspecified atom stereocenters. The Morgan fingerprint density at radius 1 is 1.27 bits per heavy atom. The first-order valence-electron chi connectivity index (χ1n) is 6.08. The fourth-order valence-electron chi connectivity index (χ4n) is 1.68. The van der Waals surface area contributed by atoms with Gasteiger partial charge in [0.1, 0.15) is 5.41 Å². The lowest BCUT2D eigenvalue weighted by atomic mass is 9.75. The number of hydrogen-bond acceptors (Lipinski definition) is 6. The molecule has 1 aromatic heterocycles. The number of nitrogens with zero attached hydrogens (tertiary/aromatic N) is 4. The predicted molar refractivity (Wildman–Crippen MR) is 65.7 cm³/mol. The molecule has 0 aliphatic carbocycles. The summed E-state index contributed by atoms with van der Waals surface area (Å²) in [6.07, 6.45) is -3.52. The first-order valence-corrected chi connectivity index (χ1v) is 6.08. The highest BCUT2D eigenvalue weighted by atomic mass is 19.4. The van der Waals surface area contributed by atoms with Crippen molar-refractivity contribution in [3.63, 3.8) is 0 Å². The third-order valence-electron chi connectivity index (χ3n) is 3.01. The van der Waals surface area contributed by atoms with Gasteiger partial charge in [0.25, 0.3) is 0 Å². The largest absolute Gasteiger partial charge is 0.465 e. The second-order valence-electron chi connectivity index (χ2n) is 4.40. The van der Waals surface area contributed by atoms with E-state index in [1.165, 1.54) is 13.8 Å². The van der Waals surface area contributed by atoms with E-state index in [1.807, 2.05) is 0 Å². The Hall–Kier alpha value is -2.68. The molecule has 6 nitrogen and oxygen atoms in total. The van der Waals surface area contributed by atoms with Gasteiger partial charge in [0, 0.05) is 0 Å². The molecular weight excluding hydrogens is 301 g/mol. The summed E-state index contributed by atoms with van der Waals surface area (Å²) in [5.41, 5.74) is -3.32. The molecule has 0 saturated heterocycles. The molecule has 0 fully saturated rings. The topological polar surface area (TPSA) is 99.7 Å². The number of aromatic nitrogens is 2. The molecule has 0 aromatic carbocycles. The van der Waals surface area contributed by atoms with Crippen molar-refractivity contribution in [1.29, 1.82) is 10.5 Å². The maximum absolute atomic E-state index is 12.5. The lowest BCUT2D eigenvalue weighted by Crippen LogP contribution is -2.41. The smallest absolute Gasteiger partial charge is 0.434 e. The minimum absolute atomic E-state index is 0.0218. The molecule has 0 radical (unpaired) electrons. The van der Waals surface area contributed by atoms with Gasteiger partial charge in [-0.05, 0) is 13.8 Å². The Morgan fingerprint density at radius 3 is 2.14 bits per heavy atom. The average molecular weight is 312 g/mol. The Labute approximate surface area is 124 Å². The Kier molecular flexibility index (Phi) is 5.05. The van der Waals surface area contributed by atoms with Crippen molar-refractivity contribution in [2.24, 2.45) is 5.92 Å². The van der Waals surface area contributed by atoms with Gasteiger partial charge in [-0.15, -0.1) is 0 Å². The number of carbonyl (C=O) groups is 1. The van der Waals surface area contributed by atoms with E-state index in [0.717, 1.165) is 6.20 Å². The van der Waals surface area contributed by atoms with E-state index < -0.39 is 29.2 Å². The third kappa shape index (κ3) is 3.14. The van der Waals surface area contributed by atoms with Crippen LogP contribution < -0.4 is 0 Å². The summed E-state index contributed by atoms with van der Waals surface area (Å²) in [5, 5.41) is 18.0. The van der Waals surface area contributed by atoms with E-state index in [1.54, 1.807) is 12.1 Å².